The van der Waals surface area contributed by atoms with Gasteiger partial charge in [0.15, 0.2) is 0 Å². The lowest BCUT2D eigenvalue weighted by Gasteiger charge is -2.39. The van der Waals surface area contributed by atoms with Crippen LogP contribution < -0.4 is 10.2 Å². The Kier molecular flexibility index (Phi) is 4.50. The van der Waals surface area contributed by atoms with Crippen molar-refractivity contribution >= 4 is 11.6 Å². The summed E-state index contributed by atoms with van der Waals surface area (Å²) in [6, 6.07) is 10.1. The highest BCUT2D eigenvalue weighted by Gasteiger charge is 2.36. The van der Waals surface area contributed by atoms with Crippen molar-refractivity contribution < 1.29 is 4.79 Å². The van der Waals surface area contributed by atoms with Crippen LogP contribution in [0.15, 0.2) is 30.3 Å². The molecule has 1 aromatic carbocycles. The van der Waals surface area contributed by atoms with Gasteiger partial charge in [-0.2, -0.15) is 0 Å². The standard InChI is InChI=1S/C18H27N3O/c1-18(10-11-19-13-18)14-20(2)16-9-6-12-21(17(16)22)15-7-4-3-5-8-15/h3-5,7-8,16,19H,6,9-14H2,1-2H3. The van der Waals surface area contributed by atoms with Crippen LogP contribution in [0.3, 0.4) is 0 Å². The number of carbonyl (C=O) groups excluding carboxylic acids is 1. The maximum atomic E-state index is 12.9. The Labute approximate surface area is 133 Å². The maximum Gasteiger partial charge on any atom is 0.244 e. The minimum Gasteiger partial charge on any atom is -0.316 e. The van der Waals surface area contributed by atoms with E-state index in [2.05, 4.69) is 24.2 Å². The number of anilines is 1. The van der Waals surface area contributed by atoms with Crippen LogP contribution >= 0.6 is 0 Å². The van der Waals surface area contributed by atoms with E-state index in [1.165, 1.54) is 6.42 Å². The summed E-state index contributed by atoms with van der Waals surface area (Å²) < 4.78 is 0. The summed E-state index contributed by atoms with van der Waals surface area (Å²) in [6.07, 6.45) is 3.24. The normalized spacial score (nSPS) is 29.3. The number of likely N-dealkylation sites (N-methyl/N-ethyl adjacent to an activating group) is 1. The van der Waals surface area contributed by atoms with Gasteiger partial charge in [0.25, 0.3) is 0 Å². The van der Waals surface area contributed by atoms with Crippen LogP contribution in [0.5, 0.6) is 0 Å². The van der Waals surface area contributed by atoms with Crippen LogP contribution in [0.4, 0.5) is 5.69 Å². The minimum absolute atomic E-state index is 0.0198. The van der Waals surface area contributed by atoms with Crippen LogP contribution in [-0.2, 0) is 4.79 Å². The molecule has 2 unspecified atom stereocenters. The first-order chi connectivity index (χ1) is 10.6. The third-order valence-corrected chi connectivity index (χ3v) is 5.10. The summed E-state index contributed by atoms with van der Waals surface area (Å²) in [5.41, 5.74) is 1.32. The Balaban J connectivity index is 1.69. The number of hydrogen-bond donors (Lipinski definition) is 1. The fourth-order valence-electron chi connectivity index (χ4n) is 3.85. The summed E-state index contributed by atoms with van der Waals surface area (Å²) >= 11 is 0. The molecular weight excluding hydrogens is 274 g/mol. The quantitative estimate of drug-likeness (QED) is 0.925. The molecule has 2 heterocycles. The monoisotopic (exact) mass is 301 g/mol. The molecule has 0 aromatic heterocycles. The number of rotatable bonds is 4. The summed E-state index contributed by atoms with van der Waals surface area (Å²) in [7, 11) is 2.11. The second-order valence-electron chi connectivity index (χ2n) is 7.14. The van der Waals surface area contributed by atoms with Gasteiger partial charge in [0.1, 0.15) is 0 Å². The van der Waals surface area contributed by atoms with E-state index in [4.69, 9.17) is 0 Å². The number of para-hydroxylation sites is 1. The van der Waals surface area contributed by atoms with E-state index in [0.29, 0.717) is 5.41 Å². The molecule has 0 bridgehead atoms. The fraction of sp³-hybridized carbons (Fsp3) is 0.611. The van der Waals surface area contributed by atoms with Crippen molar-refractivity contribution in [3.05, 3.63) is 30.3 Å². The number of amides is 1. The zero-order valence-electron chi connectivity index (χ0n) is 13.7. The largest absolute Gasteiger partial charge is 0.316 e. The molecule has 1 aromatic rings. The van der Waals surface area contributed by atoms with Gasteiger partial charge in [0.2, 0.25) is 5.91 Å². The smallest absolute Gasteiger partial charge is 0.244 e. The molecular formula is C18H27N3O. The average Bonchev–Trinajstić information content (AvgIpc) is 2.94. The molecule has 0 spiro atoms. The van der Waals surface area contributed by atoms with Crippen molar-refractivity contribution in [3.63, 3.8) is 0 Å². The molecule has 0 radical (unpaired) electrons. The summed E-state index contributed by atoms with van der Waals surface area (Å²) in [5, 5.41) is 3.44. The van der Waals surface area contributed by atoms with E-state index in [-0.39, 0.29) is 11.9 Å². The second-order valence-corrected chi connectivity index (χ2v) is 7.14. The third kappa shape index (κ3) is 3.18. The number of nitrogens with zero attached hydrogens (tertiary/aromatic N) is 2. The lowest BCUT2D eigenvalue weighted by Crippen LogP contribution is -2.53. The van der Waals surface area contributed by atoms with Crippen LogP contribution in [-0.4, -0.2) is 50.1 Å². The molecule has 2 fully saturated rings. The zero-order chi connectivity index (χ0) is 15.6. The SMILES string of the molecule is CN(CC1(C)CCNC1)C1CCCN(c2ccccc2)C1=O. The highest BCUT2D eigenvalue weighted by atomic mass is 16.2. The summed E-state index contributed by atoms with van der Waals surface area (Å²) in [6.45, 7) is 6.30. The lowest BCUT2D eigenvalue weighted by atomic mass is 9.88. The van der Waals surface area contributed by atoms with Crippen molar-refractivity contribution in [1.29, 1.82) is 0 Å². The van der Waals surface area contributed by atoms with E-state index in [1.807, 2.05) is 35.2 Å². The molecule has 1 amide bonds. The zero-order valence-corrected chi connectivity index (χ0v) is 13.7. The summed E-state index contributed by atoms with van der Waals surface area (Å²) in [5.74, 6) is 0.259. The van der Waals surface area contributed by atoms with Gasteiger partial charge in [-0.3, -0.25) is 9.69 Å². The number of hydrogen-bond acceptors (Lipinski definition) is 3. The second kappa shape index (κ2) is 6.39. The highest BCUT2D eigenvalue weighted by Crippen LogP contribution is 2.29. The molecule has 4 nitrogen and oxygen atoms in total. The fourth-order valence-corrected chi connectivity index (χ4v) is 3.85. The van der Waals surface area contributed by atoms with E-state index in [0.717, 1.165) is 44.7 Å². The van der Waals surface area contributed by atoms with E-state index in [1.54, 1.807) is 0 Å². The van der Waals surface area contributed by atoms with Gasteiger partial charge >= 0.3 is 0 Å². The Hall–Kier alpha value is -1.39. The van der Waals surface area contributed by atoms with Crippen LogP contribution in [0, 0.1) is 5.41 Å². The molecule has 22 heavy (non-hydrogen) atoms. The van der Waals surface area contributed by atoms with Crippen molar-refractivity contribution in [1.82, 2.24) is 10.2 Å². The number of benzene rings is 1. The molecule has 0 saturated carbocycles. The molecule has 2 aliphatic heterocycles. The molecule has 4 heteroatoms. The molecule has 2 aliphatic rings. The lowest BCUT2D eigenvalue weighted by molar-refractivity contribution is -0.125. The van der Waals surface area contributed by atoms with Gasteiger partial charge in [-0.1, -0.05) is 25.1 Å². The molecule has 3 rings (SSSR count). The predicted octanol–water partition coefficient (Wildman–Crippen LogP) is 2.11. The van der Waals surface area contributed by atoms with Gasteiger partial charge in [-0.25, -0.2) is 0 Å². The van der Waals surface area contributed by atoms with Crippen LogP contribution in [0.1, 0.15) is 26.2 Å². The van der Waals surface area contributed by atoms with Gasteiger partial charge in [-0.15, -0.1) is 0 Å². The highest BCUT2D eigenvalue weighted by molar-refractivity contribution is 5.97. The average molecular weight is 301 g/mol. The Morgan fingerprint density at radius 3 is 2.82 bits per heavy atom. The van der Waals surface area contributed by atoms with Crippen LogP contribution in [0.25, 0.3) is 0 Å². The van der Waals surface area contributed by atoms with Crippen LogP contribution in [0.2, 0.25) is 0 Å². The molecule has 120 valence electrons. The first kappa shape index (κ1) is 15.5. The van der Waals surface area contributed by atoms with Gasteiger partial charge in [0.05, 0.1) is 6.04 Å². The Morgan fingerprint density at radius 2 is 2.14 bits per heavy atom. The number of nitrogens with one attached hydrogen (secondary N) is 1. The van der Waals surface area contributed by atoms with Gasteiger partial charge in [0, 0.05) is 25.3 Å². The Bertz CT molecular complexity index is 510. The molecule has 0 aliphatic carbocycles. The van der Waals surface area contributed by atoms with Gasteiger partial charge < -0.3 is 10.2 Å². The maximum absolute atomic E-state index is 12.9. The first-order valence-electron chi connectivity index (χ1n) is 8.36. The van der Waals surface area contributed by atoms with E-state index < -0.39 is 0 Å². The van der Waals surface area contributed by atoms with E-state index in [9.17, 15) is 4.79 Å². The molecule has 2 saturated heterocycles. The van der Waals surface area contributed by atoms with Crippen molar-refractivity contribution in [2.75, 3.05) is 38.1 Å². The van der Waals surface area contributed by atoms with Gasteiger partial charge in [-0.05, 0) is 50.4 Å². The number of carbonyl (C=O) groups is 1. The first-order valence-corrected chi connectivity index (χ1v) is 8.36. The minimum atomic E-state index is 0.0198. The van der Waals surface area contributed by atoms with Crippen molar-refractivity contribution in [2.45, 2.75) is 32.2 Å². The number of piperidine rings is 1. The predicted molar refractivity (Wildman–Crippen MR) is 90.0 cm³/mol. The topological polar surface area (TPSA) is 35.6 Å². The van der Waals surface area contributed by atoms with E-state index >= 15 is 0 Å². The van der Waals surface area contributed by atoms with Crippen molar-refractivity contribution in [2.24, 2.45) is 5.41 Å². The molecule has 2 atom stereocenters. The summed E-state index contributed by atoms with van der Waals surface area (Å²) in [4.78, 5) is 17.2. The Morgan fingerprint density at radius 1 is 1.36 bits per heavy atom. The third-order valence-electron chi connectivity index (χ3n) is 5.10. The van der Waals surface area contributed by atoms with Crippen molar-refractivity contribution in [3.8, 4) is 0 Å². The molecule has 1 N–H and O–H groups in total.